The van der Waals surface area contributed by atoms with Gasteiger partial charge in [0.2, 0.25) is 0 Å². The summed E-state index contributed by atoms with van der Waals surface area (Å²) in [5.41, 5.74) is 2.44. The third-order valence-electron chi connectivity index (χ3n) is 2.30. The van der Waals surface area contributed by atoms with Crippen LogP contribution in [0.25, 0.3) is 0 Å². The van der Waals surface area contributed by atoms with E-state index >= 15 is 0 Å². The van der Waals surface area contributed by atoms with E-state index < -0.39 is 0 Å². The van der Waals surface area contributed by atoms with Crippen molar-refractivity contribution in [2.45, 2.75) is 37.9 Å². The Labute approximate surface area is 94.3 Å². The number of halogens is 1. The average Bonchev–Trinajstić information content (AvgIpc) is 2.01. The van der Waals surface area contributed by atoms with Crippen LogP contribution in [0.15, 0.2) is 18.2 Å². The van der Waals surface area contributed by atoms with Crippen LogP contribution in [0.1, 0.15) is 44.7 Å². The number of alkyl halides is 1. The minimum Gasteiger partial charge on any atom is -0.508 e. The average molecular weight is 257 g/mol. The molecule has 1 nitrogen and oxygen atoms in total. The number of hydrogen-bond acceptors (Lipinski definition) is 1. The fourth-order valence-electron chi connectivity index (χ4n) is 1.57. The molecule has 0 aromatic heterocycles. The molecule has 0 amide bonds. The molecule has 0 aliphatic heterocycles. The van der Waals surface area contributed by atoms with Gasteiger partial charge >= 0.3 is 0 Å². The van der Waals surface area contributed by atoms with E-state index in [0.29, 0.717) is 11.7 Å². The molecule has 2 heteroatoms. The number of aromatic hydroxyl groups is 1. The molecule has 1 rings (SSSR count). The summed E-state index contributed by atoms with van der Waals surface area (Å²) in [6.45, 7) is 8.50. The predicted octanol–water partition coefficient (Wildman–Crippen LogP) is 4.15. The van der Waals surface area contributed by atoms with E-state index in [-0.39, 0.29) is 4.32 Å². The molecule has 0 saturated carbocycles. The fourth-order valence-corrected chi connectivity index (χ4v) is 1.93. The van der Waals surface area contributed by atoms with Crippen LogP contribution in [0.4, 0.5) is 0 Å². The fraction of sp³-hybridized carbons (Fsp3) is 0.500. The van der Waals surface area contributed by atoms with Gasteiger partial charge in [-0.15, -0.1) is 0 Å². The molecule has 0 saturated heterocycles. The van der Waals surface area contributed by atoms with Crippen LogP contribution < -0.4 is 0 Å². The van der Waals surface area contributed by atoms with Crippen LogP contribution in [0.3, 0.4) is 0 Å². The Hall–Kier alpha value is -0.500. The van der Waals surface area contributed by atoms with Gasteiger partial charge in [0.25, 0.3) is 0 Å². The molecule has 0 atom stereocenters. The highest BCUT2D eigenvalue weighted by atomic mass is 79.9. The normalized spacial score (nSPS) is 12.1. The Balaban J connectivity index is 3.29. The van der Waals surface area contributed by atoms with Gasteiger partial charge in [-0.2, -0.15) is 0 Å². The van der Waals surface area contributed by atoms with E-state index in [4.69, 9.17) is 0 Å². The van der Waals surface area contributed by atoms with Gasteiger partial charge in [0, 0.05) is 4.32 Å². The first kappa shape index (κ1) is 11.6. The highest BCUT2D eigenvalue weighted by Crippen LogP contribution is 2.36. The third-order valence-corrected chi connectivity index (χ3v) is 2.72. The van der Waals surface area contributed by atoms with Gasteiger partial charge in [0.05, 0.1) is 0 Å². The van der Waals surface area contributed by atoms with E-state index in [9.17, 15) is 5.11 Å². The largest absolute Gasteiger partial charge is 0.508 e. The smallest absolute Gasteiger partial charge is 0.115 e. The summed E-state index contributed by atoms with van der Waals surface area (Å²) in [6.07, 6.45) is 0. The van der Waals surface area contributed by atoms with E-state index in [1.165, 1.54) is 11.1 Å². The minimum absolute atomic E-state index is 0.0414. The SMILES string of the molecule is CC(C)c1cc(O)ccc1C(C)(C)Br. The van der Waals surface area contributed by atoms with Crippen molar-refractivity contribution < 1.29 is 5.11 Å². The van der Waals surface area contributed by atoms with Crippen LogP contribution in [0.5, 0.6) is 5.75 Å². The van der Waals surface area contributed by atoms with Crippen molar-refractivity contribution in [2.24, 2.45) is 0 Å². The first-order chi connectivity index (χ1) is 6.32. The quantitative estimate of drug-likeness (QED) is 0.789. The van der Waals surface area contributed by atoms with Gasteiger partial charge in [0.15, 0.2) is 0 Å². The number of benzene rings is 1. The Kier molecular flexibility index (Phi) is 3.25. The first-order valence-corrected chi connectivity index (χ1v) is 5.64. The van der Waals surface area contributed by atoms with E-state index in [2.05, 4.69) is 43.6 Å². The summed E-state index contributed by atoms with van der Waals surface area (Å²) in [4.78, 5) is 0. The maximum atomic E-state index is 9.44. The summed E-state index contributed by atoms with van der Waals surface area (Å²) in [7, 11) is 0. The van der Waals surface area contributed by atoms with Crippen LogP contribution in [0.2, 0.25) is 0 Å². The van der Waals surface area contributed by atoms with Crippen LogP contribution in [-0.4, -0.2) is 5.11 Å². The summed E-state index contributed by atoms with van der Waals surface area (Å²) >= 11 is 3.65. The summed E-state index contributed by atoms with van der Waals surface area (Å²) in [5, 5.41) is 9.44. The van der Waals surface area contributed by atoms with Gasteiger partial charge in [0.1, 0.15) is 5.75 Å². The van der Waals surface area contributed by atoms with Crippen LogP contribution in [-0.2, 0) is 4.32 Å². The lowest BCUT2D eigenvalue weighted by Crippen LogP contribution is -2.11. The second-order valence-electron chi connectivity index (χ2n) is 4.40. The summed E-state index contributed by atoms with van der Waals surface area (Å²) < 4.78 is -0.0414. The number of phenols is 1. The summed E-state index contributed by atoms with van der Waals surface area (Å²) in [5.74, 6) is 0.767. The molecule has 0 aliphatic rings. The zero-order chi connectivity index (χ0) is 10.9. The highest BCUT2D eigenvalue weighted by molar-refractivity contribution is 9.09. The molecule has 14 heavy (non-hydrogen) atoms. The topological polar surface area (TPSA) is 20.2 Å². The van der Waals surface area contributed by atoms with Crippen molar-refractivity contribution in [1.82, 2.24) is 0 Å². The molecule has 0 radical (unpaired) electrons. The summed E-state index contributed by atoms with van der Waals surface area (Å²) in [6, 6.07) is 5.58. The molecule has 1 aromatic carbocycles. The number of rotatable bonds is 2. The monoisotopic (exact) mass is 256 g/mol. The van der Waals surface area contributed by atoms with Crippen molar-refractivity contribution in [2.75, 3.05) is 0 Å². The second kappa shape index (κ2) is 3.93. The molecule has 0 heterocycles. The minimum atomic E-state index is -0.0414. The Morgan fingerprint density at radius 1 is 1.29 bits per heavy atom. The van der Waals surface area contributed by atoms with Gasteiger partial charge < -0.3 is 5.11 Å². The first-order valence-electron chi connectivity index (χ1n) is 4.84. The standard InChI is InChI=1S/C12H17BrO/c1-8(2)10-7-9(14)5-6-11(10)12(3,4)13/h5-8,14H,1-4H3. The van der Waals surface area contributed by atoms with Gasteiger partial charge in [-0.1, -0.05) is 35.8 Å². The molecule has 0 aliphatic carbocycles. The Morgan fingerprint density at radius 3 is 2.29 bits per heavy atom. The van der Waals surface area contributed by atoms with Gasteiger partial charge in [-0.05, 0) is 43.0 Å². The Morgan fingerprint density at radius 2 is 1.86 bits per heavy atom. The molecule has 1 aromatic rings. The van der Waals surface area contributed by atoms with Crippen LogP contribution >= 0.6 is 15.9 Å². The van der Waals surface area contributed by atoms with Crippen molar-refractivity contribution in [3.8, 4) is 5.75 Å². The molecule has 0 fully saturated rings. The van der Waals surface area contributed by atoms with Gasteiger partial charge in [-0.3, -0.25) is 0 Å². The second-order valence-corrected chi connectivity index (χ2v) is 6.38. The lowest BCUT2D eigenvalue weighted by molar-refractivity contribution is 0.473. The molecular weight excluding hydrogens is 240 g/mol. The Bertz CT molecular complexity index is 324. The zero-order valence-electron chi connectivity index (χ0n) is 9.13. The van der Waals surface area contributed by atoms with E-state index in [1.807, 2.05) is 12.1 Å². The molecule has 1 N–H and O–H groups in total. The number of hydrogen-bond donors (Lipinski definition) is 1. The number of phenolic OH excluding ortho intramolecular Hbond substituents is 1. The zero-order valence-corrected chi connectivity index (χ0v) is 10.7. The molecule has 0 spiro atoms. The molecule has 0 bridgehead atoms. The van der Waals surface area contributed by atoms with E-state index in [1.54, 1.807) is 6.07 Å². The maximum absolute atomic E-state index is 9.44. The maximum Gasteiger partial charge on any atom is 0.115 e. The van der Waals surface area contributed by atoms with E-state index in [0.717, 1.165) is 0 Å². The lowest BCUT2D eigenvalue weighted by atomic mass is 9.90. The molecule has 78 valence electrons. The lowest BCUT2D eigenvalue weighted by Gasteiger charge is -2.23. The van der Waals surface area contributed by atoms with Crippen molar-refractivity contribution >= 4 is 15.9 Å². The molecule has 0 unspecified atom stereocenters. The highest BCUT2D eigenvalue weighted by Gasteiger charge is 2.21. The van der Waals surface area contributed by atoms with Crippen LogP contribution in [0, 0.1) is 0 Å². The van der Waals surface area contributed by atoms with Gasteiger partial charge in [-0.25, -0.2) is 0 Å². The van der Waals surface area contributed by atoms with Crippen molar-refractivity contribution in [3.63, 3.8) is 0 Å². The van der Waals surface area contributed by atoms with Crippen molar-refractivity contribution in [3.05, 3.63) is 29.3 Å². The predicted molar refractivity (Wildman–Crippen MR) is 64.1 cm³/mol. The van der Waals surface area contributed by atoms with Crippen molar-refractivity contribution in [1.29, 1.82) is 0 Å². The molecular formula is C12H17BrO. The third kappa shape index (κ3) is 2.50.